The minimum absolute atomic E-state index is 0.0449. The fourth-order valence-corrected chi connectivity index (χ4v) is 3.74. The second-order valence-corrected chi connectivity index (χ2v) is 6.98. The molecule has 1 aliphatic carbocycles. The molecule has 0 radical (unpaired) electrons. The Labute approximate surface area is 158 Å². The van der Waals surface area contributed by atoms with Crippen molar-refractivity contribution < 1.29 is 14.0 Å². The first-order valence-electron chi connectivity index (χ1n) is 8.82. The topological polar surface area (TPSA) is 130 Å². The zero-order chi connectivity index (χ0) is 20.2. The summed E-state index contributed by atoms with van der Waals surface area (Å²) in [6.07, 6.45) is 2.61. The summed E-state index contributed by atoms with van der Waals surface area (Å²) < 4.78 is 22.1. The number of rotatable bonds is 4. The Hall–Kier alpha value is -3.08. The maximum Gasteiger partial charge on any atom is 0.354 e. The SMILES string of the molecule is CO/N=C1/CN(c2c(F)cn3c(=O)n(N)c(=O)c(C4CC4)c3c2OC)CC1N. The van der Waals surface area contributed by atoms with Crippen LogP contribution < -0.4 is 32.5 Å². The number of hydrogen-bond donors (Lipinski definition) is 2. The molecule has 0 aromatic carbocycles. The third-order valence-electron chi connectivity index (χ3n) is 5.17. The van der Waals surface area contributed by atoms with Gasteiger partial charge in [-0.2, -0.15) is 4.68 Å². The number of oxime groups is 1. The highest BCUT2D eigenvalue weighted by molar-refractivity contribution is 5.97. The lowest BCUT2D eigenvalue weighted by Gasteiger charge is -2.23. The Kier molecular flexibility index (Phi) is 4.26. The number of nitrogens with two attached hydrogens (primary N) is 2. The number of hydrogen-bond acceptors (Lipinski definition) is 8. The van der Waals surface area contributed by atoms with Crippen LogP contribution in [-0.2, 0) is 4.84 Å². The molecule has 2 aromatic rings. The molecule has 11 heteroatoms. The maximum atomic E-state index is 15.1. The van der Waals surface area contributed by atoms with Crippen LogP contribution >= 0.6 is 0 Å². The Morgan fingerprint density at radius 3 is 2.61 bits per heavy atom. The monoisotopic (exact) mass is 392 g/mol. The molecule has 0 spiro atoms. The van der Waals surface area contributed by atoms with Crippen molar-refractivity contribution in [2.75, 3.05) is 38.1 Å². The van der Waals surface area contributed by atoms with Crippen LogP contribution in [0.1, 0.15) is 24.3 Å². The molecule has 2 aromatic heterocycles. The van der Waals surface area contributed by atoms with E-state index >= 15 is 4.39 Å². The molecule has 150 valence electrons. The number of nitrogen functional groups attached to an aromatic ring is 1. The standard InChI is InChI=1S/C17H21FN6O4/c1-27-15-13(22-6-10(19)11(7-22)21-28-2)9(18)5-23-14(15)12(8-3-4-8)16(25)24(20)17(23)26/h5,8,10H,3-4,6-7,19-20H2,1-2H3/b21-11-. The van der Waals surface area contributed by atoms with E-state index in [0.29, 0.717) is 16.0 Å². The quantitative estimate of drug-likeness (QED) is 0.522. The molecule has 0 bridgehead atoms. The lowest BCUT2D eigenvalue weighted by molar-refractivity contribution is 0.212. The lowest BCUT2D eigenvalue weighted by Crippen LogP contribution is -2.44. The summed E-state index contributed by atoms with van der Waals surface area (Å²) in [7, 11) is 2.78. The molecule has 4 N–H and O–H groups in total. The zero-order valence-electron chi connectivity index (χ0n) is 15.5. The van der Waals surface area contributed by atoms with Crippen LogP contribution in [0, 0.1) is 5.82 Å². The third-order valence-corrected chi connectivity index (χ3v) is 5.17. The van der Waals surface area contributed by atoms with Gasteiger partial charge in [0.15, 0.2) is 11.6 Å². The Balaban J connectivity index is 2.02. The minimum atomic E-state index is -0.840. The van der Waals surface area contributed by atoms with Crippen molar-refractivity contribution in [3.63, 3.8) is 0 Å². The summed E-state index contributed by atoms with van der Waals surface area (Å²) in [5.41, 5.74) is 5.90. The molecule has 3 heterocycles. The van der Waals surface area contributed by atoms with Crippen LogP contribution in [0.25, 0.3) is 5.52 Å². The van der Waals surface area contributed by atoms with Crippen molar-refractivity contribution in [2.24, 2.45) is 10.9 Å². The van der Waals surface area contributed by atoms with E-state index in [4.69, 9.17) is 21.2 Å². The van der Waals surface area contributed by atoms with Crippen LogP contribution in [-0.4, -0.2) is 48.1 Å². The fourth-order valence-electron chi connectivity index (χ4n) is 3.74. The molecule has 28 heavy (non-hydrogen) atoms. The highest BCUT2D eigenvalue weighted by atomic mass is 19.1. The molecule has 2 aliphatic rings. The third kappa shape index (κ3) is 2.61. The molecule has 10 nitrogen and oxygen atoms in total. The van der Waals surface area contributed by atoms with Crippen molar-refractivity contribution >= 4 is 16.9 Å². The van der Waals surface area contributed by atoms with E-state index in [1.165, 1.54) is 14.2 Å². The molecule has 1 unspecified atom stereocenters. The van der Waals surface area contributed by atoms with Crippen molar-refractivity contribution in [3.05, 3.63) is 38.4 Å². The minimum Gasteiger partial charge on any atom is -0.492 e. The average molecular weight is 392 g/mol. The summed E-state index contributed by atoms with van der Waals surface area (Å²) in [6, 6.07) is -0.442. The van der Waals surface area contributed by atoms with Crippen LogP contribution in [0.4, 0.5) is 10.1 Å². The number of anilines is 1. The number of aromatic nitrogens is 2. The van der Waals surface area contributed by atoms with Crippen LogP contribution in [0.2, 0.25) is 0 Å². The molecule has 1 aliphatic heterocycles. The number of ether oxygens (including phenoxy) is 1. The van der Waals surface area contributed by atoms with Gasteiger partial charge in [0.1, 0.15) is 18.3 Å². The van der Waals surface area contributed by atoms with Gasteiger partial charge in [0.05, 0.1) is 37.2 Å². The van der Waals surface area contributed by atoms with Crippen molar-refractivity contribution in [1.29, 1.82) is 0 Å². The van der Waals surface area contributed by atoms with Crippen LogP contribution in [0.15, 0.2) is 20.9 Å². The first-order chi connectivity index (χ1) is 13.4. The van der Waals surface area contributed by atoms with E-state index in [2.05, 4.69) is 5.16 Å². The van der Waals surface area contributed by atoms with E-state index in [-0.39, 0.29) is 36.0 Å². The summed E-state index contributed by atoms with van der Waals surface area (Å²) in [6.45, 7) is 0.512. The van der Waals surface area contributed by atoms with Gasteiger partial charge in [0, 0.05) is 6.54 Å². The number of halogens is 1. The van der Waals surface area contributed by atoms with Gasteiger partial charge < -0.3 is 26.1 Å². The van der Waals surface area contributed by atoms with E-state index < -0.39 is 23.1 Å². The van der Waals surface area contributed by atoms with E-state index in [9.17, 15) is 9.59 Å². The molecule has 1 atom stereocenters. The van der Waals surface area contributed by atoms with Crippen molar-refractivity contribution in [3.8, 4) is 5.75 Å². The second kappa shape index (κ2) is 6.51. The Morgan fingerprint density at radius 2 is 2.00 bits per heavy atom. The summed E-state index contributed by atoms with van der Waals surface area (Å²) in [5, 5.41) is 3.89. The molecule has 1 saturated carbocycles. The van der Waals surface area contributed by atoms with Gasteiger partial charge in [-0.3, -0.25) is 9.20 Å². The molecule has 4 rings (SSSR count). The largest absolute Gasteiger partial charge is 0.492 e. The second-order valence-electron chi connectivity index (χ2n) is 6.98. The molecular weight excluding hydrogens is 371 g/mol. The van der Waals surface area contributed by atoms with Gasteiger partial charge in [0.2, 0.25) is 0 Å². The van der Waals surface area contributed by atoms with Crippen molar-refractivity contribution in [2.45, 2.75) is 24.8 Å². The normalized spacial score (nSPS) is 20.9. The van der Waals surface area contributed by atoms with E-state index in [1.807, 2.05) is 0 Å². The van der Waals surface area contributed by atoms with Gasteiger partial charge in [-0.15, -0.1) is 0 Å². The number of fused-ring (bicyclic) bond motifs is 1. The van der Waals surface area contributed by atoms with Crippen LogP contribution in [0.5, 0.6) is 5.75 Å². The highest BCUT2D eigenvalue weighted by Crippen LogP contribution is 2.44. The fraction of sp³-hybridized carbons (Fsp3) is 0.471. The first-order valence-corrected chi connectivity index (χ1v) is 8.82. The predicted octanol–water partition coefficient (Wildman–Crippen LogP) is -0.650. The first kappa shape index (κ1) is 18.3. The molecule has 2 fully saturated rings. The summed E-state index contributed by atoms with van der Waals surface area (Å²) in [5.74, 6) is 5.00. The van der Waals surface area contributed by atoms with Gasteiger partial charge in [-0.1, -0.05) is 5.16 Å². The van der Waals surface area contributed by atoms with Crippen molar-refractivity contribution in [1.82, 2.24) is 9.08 Å². The Morgan fingerprint density at radius 1 is 1.29 bits per heavy atom. The zero-order valence-corrected chi connectivity index (χ0v) is 15.5. The predicted molar refractivity (Wildman–Crippen MR) is 101 cm³/mol. The average Bonchev–Trinajstić information content (AvgIpc) is 3.44. The number of methoxy groups -OCH3 is 1. The van der Waals surface area contributed by atoms with Gasteiger partial charge in [0.25, 0.3) is 5.56 Å². The Bertz CT molecular complexity index is 1100. The summed E-state index contributed by atoms with van der Waals surface area (Å²) in [4.78, 5) is 31.6. The molecule has 1 saturated heterocycles. The number of nitrogens with zero attached hydrogens (tertiary/aromatic N) is 4. The smallest absolute Gasteiger partial charge is 0.354 e. The van der Waals surface area contributed by atoms with Gasteiger partial charge in [-0.25, -0.2) is 9.18 Å². The number of pyridine rings is 1. The van der Waals surface area contributed by atoms with E-state index in [0.717, 1.165) is 23.4 Å². The lowest BCUT2D eigenvalue weighted by atomic mass is 10.1. The van der Waals surface area contributed by atoms with Gasteiger partial charge >= 0.3 is 5.69 Å². The molecular formula is C17H21FN6O4. The maximum absolute atomic E-state index is 15.1. The molecule has 0 amide bonds. The summed E-state index contributed by atoms with van der Waals surface area (Å²) >= 11 is 0. The van der Waals surface area contributed by atoms with Gasteiger partial charge in [-0.05, 0) is 18.8 Å². The van der Waals surface area contributed by atoms with E-state index in [1.54, 1.807) is 4.90 Å². The highest BCUT2D eigenvalue weighted by Gasteiger charge is 2.36. The van der Waals surface area contributed by atoms with Crippen LogP contribution in [0.3, 0.4) is 0 Å².